The molecule has 1 aromatic rings. The summed E-state index contributed by atoms with van der Waals surface area (Å²) >= 11 is 4.74. The summed E-state index contributed by atoms with van der Waals surface area (Å²) in [7, 11) is -6.85. The van der Waals surface area contributed by atoms with Crippen LogP contribution in [0.25, 0.3) is 0 Å². The highest BCUT2D eigenvalue weighted by Gasteiger charge is 2.78. The summed E-state index contributed by atoms with van der Waals surface area (Å²) in [6.07, 6.45) is -6.79. The van der Waals surface area contributed by atoms with E-state index in [0.717, 1.165) is 4.90 Å². The second kappa shape index (κ2) is 9.22. The van der Waals surface area contributed by atoms with Crippen LogP contribution in [0, 0.1) is 0 Å². The lowest BCUT2D eigenvalue weighted by Gasteiger charge is -2.37. The molecule has 12 heteroatoms. The zero-order valence-corrected chi connectivity index (χ0v) is 21.6. The lowest BCUT2D eigenvalue weighted by molar-refractivity contribution is -0.333. The van der Waals surface area contributed by atoms with Gasteiger partial charge in [0, 0.05) is 4.90 Å². The zero-order chi connectivity index (χ0) is 27.2. The van der Waals surface area contributed by atoms with Gasteiger partial charge in [-0.2, -0.15) is 39.2 Å². The lowest BCUT2D eigenvalue weighted by Crippen LogP contribution is -2.55. The Morgan fingerprint density at radius 1 is 0.697 bits per heavy atom. The topological polar surface area (TPSA) is 54.4 Å². The molecular weight excluding hydrogens is 497 g/mol. The summed E-state index contributed by atoms with van der Waals surface area (Å²) in [5.74, 6) is -6.85. The van der Waals surface area contributed by atoms with Crippen LogP contribution in [0.5, 0.6) is 0 Å². The van der Waals surface area contributed by atoms with E-state index < -0.39 is 27.5 Å². The van der Waals surface area contributed by atoms with Crippen molar-refractivity contribution in [2.75, 3.05) is 0 Å². The van der Waals surface area contributed by atoms with Gasteiger partial charge in [0.15, 0.2) is 0 Å². The van der Waals surface area contributed by atoms with E-state index in [1.54, 1.807) is 0 Å². The van der Waals surface area contributed by atoms with Crippen LogP contribution in [0.3, 0.4) is 0 Å². The first-order valence-corrected chi connectivity index (χ1v) is 11.6. The number of benzene rings is 1. The SMILES string of the molecule is CC(C)(C)c1ccc(S)c(C(C)(C)C)c1C(C)(C)C.O=S(=O)(O)C(F)(F)C(F)(F)C(F)(F)F. The molecule has 0 saturated heterocycles. The van der Waals surface area contributed by atoms with Gasteiger partial charge >= 0.3 is 27.5 Å². The van der Waals surface area contributed by atoms with E-state index in [2.05, 4.69) is 74.4 Å². The van der Waals surface area contributed by atoms with Crippen LogP contribution in [-0.4, -0.2) is 30.3 Å². The second-order valence-electron chi connectivity index (χ2n) is 10.7. The van der Waals surface area contributed by atoms with Crippen LogP contribution < -0.4 is 0 Å². The minimum atomic E-state index is -6.85. The molecule has 0 unspecified atom stereocenters. The van der Waals surface area contributed by atoms with E-state index in [-0.39, 0.29) is 16.2 Å². The van der Waals surface area contributed by atoms with Crippen molar-refractivity contribution in [1.82, 2.24) is 0 Å². The van der Waals surface area contributed by atoms with Gasteiger partial charge < -0.3 is 0 Å². The summed E-state index contributed by atoms with van der Waals surface area (Å²) in [6, 6.07) is 4.43. The largest absolute Gasteiger partial charge is 0.461 e. The molecule has 0 heterocycles. The van der Waals surface area contributed by atoms with Gasteiger partial charge in [0.05, 0.1) is 0 Å². The van der Waals surface area contributed by atoms with Gasteiger partial charge in [-0.05, 0) is 39.0 Å². The molecule has 0 aliphatic carbocycles. The molecule has 1 N–H and O–H groups in total. The van der Waals surface area contributed by atoms with Crippen LogP contribution >= 0.6 is 12.6 Å². The van der Waals surface area contributed by atoms with Gasteiger partial charge in [0.1, 0.15) is 0 Å². The number of thiol groups is 1. The third kappa shape index (κ3) is 7.00. The summed E-state index contributed by atoms with van der Waals surface area (Å²) in [5.41, 5.74) is 4.72. The zero-order valence-electron chi connectivity index (χ0n) is 19.9. The van der Waals surface area contributed by atoms with Crippen LogP contribution in [0.2, 0.25) is 0 Å². The fourth-order valence-corrected chi connectivity index (χ4v) is 4.04. The molecule has 33 heavy (non-hydrogen) atoms. The Morgan fingerprint density at radius 2 is 1.06 bits per heavy atom. The second-order valence-corrected chi connectivity index (χ2v) is 12.6. The maximum Gasteiger partial charge on any atom is 0.461 e. The molecule has 0 aromatic heterocycles. The highest BCUT2D eigenvalue weighted by Crippen LogP contribution is 2.48. The Balaban J connectivity index is 0.000000653. The normalized spacial score (nSPS) is 14.6. The van der Waals surface area contributed by atoms with E-state index in [9.17, 15) is 39.2 Å². The molecule has 0 amide bonds. The summed E-state index contributed by atoms with van der Waals surface area (Å²) < 4.78 is 108. The quantitative estimate of drug-likeness (QED) is 0.237. The van der Waals surface area contributed by atoms with E-state index >= 15 is 0 Å². The van der Waals surface area contributed by atoms with E-state index in [0.29, 0.717) is 0 Å². The number of alkyl halides is 7. The Bertz CT molecular complexity index is 948. The van der Waals surface area contributed by atoms with Crippen LogP contribution in [0.15, 0.2) is 17.0 Å². The number of hydrogen-bond acceptors (Lipinski definition) is 3. The molecule has 0 aliphatic heterocycles. The van der Waals surface area contributed by atoms with Crippen molar-refractivity contribution in [3.05, 3.63) is 28.8 Å². The van der Waals surface area contributed by atoms with Gasteiger partial charge in [-0.15, -0.1) is 12.6 Å². The fraction of sp³-hybridized carbons (Fsp3) is 0.714. The Hall–Kier alpha value is -1.01. The maximum absolute atomic E-state index is 11.9. The Kier molecular flexibility index (Phi) is 8.94. The molecule has 0 atom stereocenters. The highest BCUT2D eigenvalue weighted by atomic mass is 32.2. The van der Waals surface area contributed by atoms with E-state index in [1.807, 2.05) is 0 Å². The average molecular weight is 529 g/mol. The predicted molar refractivity (Wildman–Crippen MR) is 117 cm³/mol. The van der Waals surface area contributed by atoms with Crippen molar-refractivity contribution in [2.45, 2.75) is 101 Å². The van der Waals surface area contributed by atoms with Crippen molar-refractivity contribution in [1.29, 1.82) is 0 Å². The molecule has 3 nitrogen and oxygen atoms in total. The first-order chi connectivity index (χ1) is 14.0. The van der Waals surface area contributed by atoms with E-state index in [4.69, 9.17) is 17.2 Å². The summed E-state index contributed by atoms with van der Waals surface area (Å²) in [5, 5.41) is -6.61. The molecule has 1 aromatic carbocycles. The minimum Gasteiger partial charge on any atom is -0.281 e. The van der Waals surface area contributed by atoms with Crippen molar-refractivity contribution >= 4 is 22.7 Å². The van der Waals surface area contributed by atoms with Gasteiger partial charge in [-0.25, -0.2) is 0 Å². The standard InChI is InChI=1S/C18H30S.C3HF7O3S/c1-16(2,3)12-10-11-13(19)15(18(7,8)9)14(12)17(4,5)6;4-1(5,2(6,7)8)3(9,10)14(11,12)13/h10-11,19H,1-9H3;(H,11,12,13). The number of rotatable bonds is 2. The van der Waals surface area contributed by atoms with Crippen molar-refractivity contribution < 1.29 is 43.7 Å². The first-order valence-electron chi connectivity index (χ1n) is 9.68. The predicted octanol–water partition coefficient (Wildman–Crippen LogP) is 7.53. The monoisotopic (exact) mass is 528 g/mol. The molecule has 0 saturated carbocycles. The molecule has 0 aliphatic rings. The molecule has 0 spiro atoms. The van der Waals surface area contributed by atoms with Crippen molar-refractivity contribution in [2.24, 2.45) is 0 Å². The Labute approximate surface area is 196 Å². The van der Waals surface area contributed by atoms with Gasteiger partial charge in [0.2, 0.25) is 0 Å². The van der Waals surface area contributed by atoms with Gasteiger partial charge in [0.25, 0.3) is 0 Å². The van der Waals surface area contributed by atoms with Crippen molar-refractivity contribution in [3.8, 4) is 0 Å². The summed E-state index contributed by atoms with van der Waals surface area (Å²) in [4.78, 5) is 1.12. The summed E-state index contributed by atoms with van der Waals surface area (Å²) in [6.45, 7) is 20.6. The van der Waals surface area contributed by atoms with Crippen LogP contribution in [0.4, 0.5) is 30.7 Å². The molecule has 0 fully saturated rings. The van der Waals surface area contributed by atoms with Crippen molar-refractivity contribution in [3.63, 3.8) is 0 Å². The average Bonchev–Trinajstić information content (AvgIpc) is 2.49. The van der Waals surface area contributed by atoms with Crippen LogP contribution in [-0.2, 0) is 26.4 Å². The van der Waals surface area contributed by atoms with Gasteiger partial charge in [-0.1, -0.05) is 68.4 Å². The number of hydrogen-bond donors (Lipinski definition) is 2. The first kappa shape index (κ1) is 32.0. The molecular formula is C21H31F7O3S2. The molecule has 1 rings (SSSR count). The number of halogens is 7. The van der Waals surface area contributed by atoms with E-state index in [1.165, 1.54) is 16.7 Å². The molecule has 0 bridgehead atoms. The van der Waals surface area contributed by atoms with Crippen LogP contribution in [0.1, 0.15) is 79.0 Å². The fourth-order valence-electron chi connectivity index (χ4n) is 3.08. The smallest absolute Gasteiger partial charge is 0.281 e. The third-order valence-corrected chi connectivity index (χ3v) is 5.81. The minimum absolute atomic E-state index is 0.112. The van der Waals surface area contributed by atoms with Gasteiger partial charge in [-0.3, -0.25) is 4.55 Å². The maximum atomic E-state index is 11.9. The molecule has 194 valence electrons. The third-order valence-electron chi connectivity index (χ3n) is 4.54. The molecule has 0 radical (unpaired) electrons. The lowest BCUT2D eigenvalue weighted by atomic mass is 9.69. The Morgan fingerprint density at radius 3 is 1.27 bits per heavy atom. The highest BCUT2D eigenvalue weighted by molar-refractivity contribution is 7.87.